The number of rotatable bonds is 0. The number of anilines is 1. The first-order valence-electron chi connectivity index (χ1n) is 6.03. The van der Waals surface area contributed by atoms with Gasteiger partial charge in [-0.05, 0) is 37.1 Å². The van der Waals surface area contributed by atoms with Crippen molar-refractivity contribution < 1.29 is 14.7 Å². The average Bonchev–Trinajstić information content (AvgIpc) is 2.46. The Morgan fingerprint density at radius 1 is 1.16 bits per heavy atom. The number of aryl methyl sites for hydroxylation is 2. The molecule has 3 rings (SSSR count). The molecule has 0 spiro atoms. The van der Waals surface area contributed by atoms with E-state index in [1.54, 1.807) is 6.07 Å². The molecule has 0 fully saturated rings. The van der Waals surface area contributed by atoms with Gasteiger partial charge in [-0.25, -0.2) is 0 Å². The first-order valence-corrected chi connectivity index (χ1v) is 6.03. The Labute approximate surface area is 110 Å². The van der Waals surface area contributed by atoms with E-state index in [1.807, 2.05) is 19.9 Å². The van der Waals surface area contributed by atoms with Crippen molar-refractivity contribution in [2.45, 2.75) is 19.6 Å². The number of ketones is 1. The molecule has 19 heavy (non-hydrogen) atoms. The maximum atomic E-state index is 12.4. The van der Waals surface area contributed by atoms with Gasteiger partial charge in [-0.1, -0.05) is 18.2 Å². The lowest BCUT2D eigenvalue weighted by molar-refractivity contribution is -0.116. The zero-order chi connectivity index (χ0) is 13.8. The molecule has 0 radical (unpaired) electrons. The number of nitrogens with zero attached hydrogens (tertiary/aromatic N) is 1. The zero-order valence-corrected chi connectivity index (χ0v) is 10.7. The monoisotopic (exact) mass is 255 g/mol. The van der Waals surface area contributed by atoms with Gasteiger partial charge in [0.2, 0.25) is 11.5 Å². The van der Waals surface area contributed by atoms with E-state index < -0.39 is 17.4 Å². The molecule has 0 aliphatic carbocycles. The molecular formula is C15H13NO3. The second-order valence-electron chi connectivity index (χ2n) is 4.93. The molecule has 1 unspecified atom stereocenters. The lowest BCUT2D eigenvalue weighted by Gasteiger charge is -2.28. The zero-order valence-electron chi connectivity index (χ0n) is 10.7. The summed E-state index contributed by atoms with van der Waals surface area (Å²) in [6.07, 6.45) is 5.74. The third-order valence-corrected chi connectivity index (χ3v) is 3.49. The minimum absolute atomic E-state index is 0.397. The van der Waals surface area contributed by atoms with Crippen molar-refractivity contribution in [3.63, 3.8) is 0 Å². The molecule has 0 saturated carbocycles. The second kappa shape index (κ2) is 3.65. The number of hydrogen-bond acceptors (Lipinski definition) is 3. The van der Waals surface area contributed by atoms with Crippen LogP contribution in [0.4, 0.5) is 5.69 Å². The van der Waals surface area contributed by atoms with Gasteiger partial charge in [0.1, 0.15) is 0 Å². The Kier molecular flexibility index (Phi) is 2.28. The SMILES string of the molecule is Cc1cc(C)c2c(c1)C(=O)C1(O)C=CC=CC(=O)N21. The molecular weight excluding hydrogens is 242 g/mol. The summed E-state index contributed by atoms with van der Waals surface area (Å²) in [6, 6.07) is 3.60. The summed E-state index contributed by atoms with van der Waals surface area (Å²) >= 11 is 0. The topological polar surface area (TPSA) is 57.6 Å². The summed E-state index contributed by atoms with van der Waals surface area (Å²) < 4.78 is 0. The molecule has 96 valence electrons. The summed E-state index contributed by atoms with van der Waals surface area (Å²) in [5, 5.41) is 10.6. The number of hydrogen-bond donors (Lipinski definition) is 1. The van der Waals surface area contributed by atoms with Gasteiger partial charge in [0.05, 0.1) is 5.69 Å². The van der Waals surface area contributed by atoms with Crippen LogP contribution in [0, 0.1) is 13.8 Å². The number of amides is 1. The van der Waals surface area contributed by atoms with Gasteiger partial charge in [-0.2, -0.15) is 0 Å². The minimum atomic E-state index is -1.90. The van der Waals surface area contributed by atoms with Crippen molar-refractivity contribution in [1.82, 2.24) is 0 Å². The van der Waals surface area contributed by atoms with Crippen molar-refractivity contribution in [3.05, 3.63) is 53.1 Å². The summed E-state index contributed by atoms with van der Waals surface area (Å²) in [4.78, 5) is 25.7. The summed E-state index contributed by atoms with van der Waals surface area (Å²) in [5.41, 5.74) is 0.725. The fourth-order valence-corrected chi connectivity index (χ4v) is 2.73. The second-order valence-corrected chi connectivity index (χ2v) is 4.93. The molecule has 0 aromatic heterocycles. The first-order chi connectivity index (χ1) is 8.95. The van der Waals surface area contributed by atoms with Crippen molar-refractivity contribution in [2.24, 2.45) is 0 Å². The number of carbonyl (C=O) groups is 2. The highest BCUT2D eigenvalue weighted by atomic mass is 16.3. The van der Waals surface area contributed by atoms with Crippen molar-refractivity contribution >= 4 is 17.4 Å². The van der Waals surface area contributed by atoms with E-state index >= 15 is 0 Å². The van der Waals surface area contributed by atoms with Gasteiger partial charge >= 0.3 is 0 Å². The summed E-state index contributed by atoms with van der Waals surface area (Å²) in [7, 11) is 0. The standard InChI is InChI=1S/C15H13NO3/c1-9-7-10(2)13-11(8-9)14(18)15(19)6-4-3-5-12(17)16(13)15/h3-8,19H,1-2H3. The van der Waals surface area contributed by atoms with Gasteiger partial charge in [0.15, 0.2) is 0 Å². The molecule has 0 saturated heterocycles. The highest BCUT2D eigenvalue weighted by molar-refractivity contribution is 6.23. The smallest absolute Gasteiger partial charge is 0.253 e. The van der Waals surface area contributed by atoms with E-state index in [-0.39, 0.29) is 0 Å². The number of Topliss-reactive ketones (excluding diaryl/α,β-unsaturated/α-hetero) is 1. The maximum absolute atomic E-state index is 12.4. The van der Waals surface area contributed by atoms with E-state index in [0.717, 1.165) is 11.1 Å². The van der Waals surface area contributed by atoms with Gasteiger partial charge in [0, 0.05) is 11.6 Å². The fourth-order valence-electron chi connectivity index (χ4n) is 2.73. The van der Waals surface area contributed by atoms with Crippen LogP contribution in [-0.4, -0.2) is 22.5 Å². The molecule has 0 bridgehead atoms. The average molecular weight is 255 g/mol. The lowest BCUT2D eigenvalue weighted by Crippen LogP contribution is -2.51. The predicted molar refractivity (Wildman–Crippen MR) is 71.0 cm³/mol. The third-order valence-electron chi connectivity index (χ3n) is 3.49. The van der Waals surface area contributed by atoms with Gasteiger partial charge in [-0.3, -0.25) is 14.5 Å². The van der Waals surface area contributed by atoms with Crippen LogP contribution in [0.15, 0.2) is 36.4 Å². The minimum Gasteiger partial charge on any atom is -0.361 e. The van der Waals surface area contributed by atoms with Gasteiger partial charge in [0.25, 0.3) is 5.91 Å². The molecule has 1 atom stereocenters. The van der Waals surface area contributed by atoms with E-state index in [4.69, 9.17) is 0 Å². The number of allylic oxidation sites excluding steroid dienone is 2. The number of carbonyl (C=O) groups excluding carboxylic acids is 2. The Balaban J connectivity index is 2.34. The third kappa shape index (κ3) is 1.43. The van der Waals surface area contributed by atoms with Crippen LogP contribution in [0.1, 0.15) is 21.5 Å². The molecule has 1 amide bonds. The first kappa shape index (κ1) is 11.9. The quantitative estimate of drug-likeness (QED) is 0.766. The van der Waals surface area contributed by atoms with Gasteiger partial charge in [-0.15, -0.1) is 0 Å². The Morgan fingerprint density at radius 3 is 2.63 bits per heavy atom. The van der Waals surface area contributed by atoms with E-state index in [1.165, 1.54) is 29.2 Å². The molecule has 4 nitrogen and oxygen atoms in total. The van der Waals surface area contributed by atoms with Crippen LogP contribution in [0.2, 0.25) is 0 Å². The van der Waals surface area contributed by atoms with Crippen molar-refractivity contribution in [1.29, 1.82) is 0 Å². The Bertz CT molecular complexity index is 672. The van der Waals surface area contributed by atoms with Crippen LogP contribution in [-0.2, 0) is 4.79 Å². The molecule has 4 heteroatoms. The highest BCUT2D eigenvalue weighted by Gasteiger charge is 2.51. The van der Waals surface area contributed by atoms with Crippen molar-refractivity contribution in [3.8, 4) is 0 Å². The molecule has 2 aliphatic heterocycles. The molecule has 1 aromatic carbocycles. The lowest BCUT2D eigenvalue weighted by atomic mass is 10.0. The largest absolute Gasteiger partial charge is 0.361 e. The van der Waals surface area contributed by atoms with Crippen LogP contribution in [0.3, 0.4) is 0 Å². The predicted octanol–water partition coefficient (Wildman–Crippen LogP) is 1.65. The maximum Gasteiger partial charge on any atom is 0.253 e. The molecule has 2 heterocycles. The van der Waals surface area contributed by atoms with E-state index in [9.17, 15) is 14.7 Å². The number of benzene rings is 1. The fraction of sp³-hybridized carbons (Fsp3) is 0.200. The van der Waals surface area contributed by atoms with E-state index in [0.29, 0.717) is 11.3 Å². The van der Waals surface area contributed by atoms with Crippen molar-refractivity contribution in [2.75, 3.05) is 4.90 Å². The van der Waals surface area contributed by atoms with Crippen LogP contribution in [0.25, 0.3) is 0 Å². The normalized spacial score (nSPS) is 24.5. The number of fused-ring (bicyclic) bond motifs is 3. The van der Waals surface area contributed by atoms with E-state index in [2.05, 4.69) is 0 Å². The Hall–Kier alpha value is -2.20. The van der Waals surface area contributed by atoms with Crippen LogP contribution < -0.4 is 4.90 Å². The Morgan fingerprint density at radius 2 is 1.89 bits per heavy atom. The summed E-state index contributed by atoms with van der Waals surface area (Å²) in [6.45, 7) is 3.71. The van der Waals surface area contributed by atoms with Gasteiger partial charge < -0.3 is 5.11 Å². The van der Waals surface area contributed by atoms with Crippen LogP contribution >= 0.6 is 0 Å². The molecule has 1 N–H and O–H groups in total. The van der Waals surface area contributed by atoms with Crippen LogP contribution in [0.5, 0.6) is 0 Å². The molecule has 2 aliphatic rings. The highest BCUT2D eigenvalue weighted by Crippen LogP contribution is 2.42. The molecule has 1 aromatic rings. The summed E-state index contributed by atoms with van der Waals surface area (Å²) in [5.74, 6) is -0.853. The number of aliphatic hydroxyl groups is 1.